The Bertz CT molecular complexity index is 455. The van der Waals surface area contributed by atoms with Gasteiger partial charge in [0.15, 0.2) is 0 Å². The van der Waals surface area contributed by atoms with Crippen LogP contribution in [-0.4, -0.2) is 24.2 Å². The summed E-state index contributed by atoms with van der Waals surface area (Å²) in [4.78, 5) is 12.1. The predicted molar refractivity (Wildman–Crippen MR) is 73.7 cm³/mol. The molecule has 1 unspecified atom stereocenters. The van der Waals surface area contributed by atoms with Crippen molar-refractivity contribution in [1.29, 1.82) is 0 Å². The van der Waals surface area contributed by atoms with Crippen molar-refractivity contribution in [2.45, 2.75) is 32.4 Å². The van der Waals surface area contributed by atoms with E-state index in [-0.39, 0.29) is 25.0 Å². The molecule has 1 rings (SSSR count). The van der Waals surface area contributed by atoms with Gasteiger partial charge in [-0.2, -0.15) is 13.2 Å². The number of hydrogen-bond acceptors (Lipinski definition) is 2. The molecule has 1 aromatic rings. The Morgan fingerprint density at radius 3 is 2.24 bits per heavy atom. The predicted octanol–water partition coefficient (Wildman–Crippen LogP) is 2.94. The third-order valence-corrected chi connectivity index (χ3v) is 3.08. The van der Waals surface area contributed by atoms with Crippen molar-refractivity contribution in [3.05, 3.63) is 35.4 Å². The topological polar surface area (TPSA) is 49.3 Å². The molecule has 0 saturated carbocycles. The Hall–Kier alpha value is -1.56. The molecule has 3 nitrogen and oxygen atoms in total. The molecule has 2 N–H and O–H groups in total. The van der Waals surface area contributed by atoms with Crippen LogP contribution in [0.1, 0.15) is 37.3 Å². The molecule has 6 heteroatoms. The van der Waals surface area contributed by atoms with Crippen LogP contribution in [0.15, 0.2) is 24.3 Å². The minimum absolute atomic E-state index is 0.133. The molecule has 0 aliphatic carbocycles. The van der Waals surface area contributed by atoms with Gasteiger partial charge in [-0.3, -0.25) is 4.79 Å². The highest BCUT2D eigenvalue weighted by molar-refractivity contribution is 5.83. The number of alkyl halides is 3. The molecule has 0 bridgehead atoms. The maximum absolute atomic E-state index is 12.5. The third-order valence-electron chi connectivity index (χ3n) is 3.08. The van der Waals surface area contributed by atoms with Crippen LogP contribution in [0.4, 0.5) is 13.2 Å². The number of amides is 1. The van der Waals surface area contributed by atoms with Gasteiger partial charge >= 0.3 is 6.18 Å². The summed E-state index contributed by atoms with van der Waals surface area (Å²) >= 11 is 0. The number of carbonyl (C=O) groups excluding carboxylic acids is 1. The van der Waals surface area contributed by atoms with E-state index in [9.17, 15) is 18.0 Å². The lowest BCUT2D eigenvalue weighted by molar-refractivity contribution is -0.137. The summed E-state index contributed by atoms with van der Waals surface area (Å²) in [5.74, 6) is -0.575. The molecule has 0 aliphatic heterocycles. The van der Waals surface area contributed by atoms with E-state index in [1.807, 2.05) is 13.8 Å². The highest BCUT2D eigenvalue weighted by Gasteiger charge is 2.30. The fraction of sp³-hybridized carbons (Fsp3) is 0.533. The van der Waals surface area contributed by atoms with E-state index in [4.69, 9.17) is 5.11 Å². The van der Waals surface area contributed by atoms with Crippen LogP contribution >= 0.6 is 0 Å². The van der Waals surface area contributed by atoms with Gasteiger partial charge < -0.3 is 10.4 Å². The lowest BCUT2D eigenvalue weighted by Gasteiger charge is -2.19. The van der Waals surface area contributed by atoms with Crippen molar-refractivity contribution in [3.8, 4) is 0 Å². The van der Waals surface area contributed by atoms with Crippen LogP contribution < -0.4 is 5.32 Å². The van der Waals surface area contributed by atoms with E-state index in [1.165, 1.54) is 12.1 Å². The summed E-state index contributed by atoms with van der Waals surface area (Å²) in [6, 6.07) is 4.66. The van der Waals surface area contributed by atoms with Gasteiger partial charge in [-0.15, -0.1) is 0 Å². The fourth-order valence-corrected chi connectivity index (χ4v) is 2.07. The first-order valence-corrected chi connectivity index (χ1v) is 6.81. The van der Waals surface area contributed by atoms with E-state index in [0.29, 0.717) is 12.0 Å². The second-order valence-electron chi connectivity index (χ2n) is 5.32. The average molecular weight is 303 g/mol. The van der Waals surface area contributed by atoms with Gasteiger partial charge in [0.05, 0.1) is 18.1 Å². The van der Waals surface area contributed by atoms with Gasteiger partial charge in [0.2, 0.25) is 5.91 Å². The molecule has 0 aromatic heterocycles. The molecule has 21 heavy (non-hydrogen) atoms. The first-order chi connectivity index (χ1) is 9.75. The van der Waals surface area contributed by atoms with E-state index in [1.54, 1.807) is 0 Å². The Morgan fingerprint density at radius 2 is 1.81 bits per heavy atom. The van der Waals surface area contributed by atoms with E-state index in [0.717, 1.165) is 12.1 Å². The standard InChI is InChI=1S/C15H20F3NO2/c1-10(2)9-13(14(21)19-7-8-20)11-3-5-12(6-4-11)15(16,17)18/h3-6,10,13,20H,7-9H2,1-2H3,(H,19,21). The fourth-order valence-electron chi connectivity index (χ4n) is 2.07. The zero-order valence-corrected chi connectivity index (χ0v) is 12.1. The summed E-state index contributed by atoms with van der Waals surface area (Å²) in [7, 11) is 0. The summed E-state index contributed by atoms with van der Waals surface area (Å²) in [5.41, 5.74) is -0.183. The van der Waals surface area contributed by atoms with Gasteiger partial charge in [-0.1, -0.05) is 26.0 Å². The molecular formula is C15H20F3NO2. The van der Waals surface area contributed by atoms with Gasteiger partial charge in [-0.05, 0) is 30.0 Å². The van der Waals surface area contributed by atoms with E-state index >= 15 is 0 Å². The van der Waals surface area contributed by atoms with Crippen LogP contribution in [0.5, 0.6) is 0 Å². The smallest absolute Gasteiger partial charge is 0.395 e. The molecular weight excluding hydrogens is 283 g/mol. The van der Waals surface area contributed by atoms with Crippen molar-refractivity contribution >= 4 is 5.91 Å². The minimum atomic E-state index is -4.38. The zero-order valence-electron chi connectivity index (χ0n) is 12.1. The number of hydrogen-bond donors (Lipinski definition) is 2. The molecule has 0 saturated heterocycles. The van der Waals surface area contributed by atoms with Gasteiger partial charge in [0.25, 0.3) is 0 Å². The van der Waals surface area contributed by atoms with Crippen LogP contribution in [-0.2, 0) is 11.0 Å². The van der Waals surface area contributed by atoms with Crippen molar-refractivity contribution < 1.29 is 23.1 Å². The molecule has 0 spiro atoms. The first kappa shape index (κ1) is 17.5. The van der Waals surface area contributed by atoms with Crippen molar-refractivity contribution in [2.75, 3.05) is 13.2 Å². The van der Waals surface area contributed by atoms with Crippen LogP contribution in [0.2, 0.25) is 0 Å². The van der Waals surface area contributed by atoms with E-state index in [2.05, 4.69) is 5.32 Å². The first-order valence-electron chi connectivity index (χ1n) is 6.81. The summed E-state index contributed by atoms with van der Waals surface area (Å²) < 4.78 is 37.6. The number of aliphatic hydroxyl groups excluding tert-OH is 1. The van der Waals surface area contributed by atoms with Gasteiger partial charge in [0.1, 0.15) is 0 Å². The molecule has 0 aliphatic rings. The second-order valence-corrected chi connectivity index (χ2v) is 5.32. The lowest BCUT2D eigenvalue weighted by atomic mass is 9.89. The minimum Gasteiger partial charge on any atom is -0.395 e. The molecule has 1 atom stereocenters. The number of rotatable bonds is 6. The number of nitrogens with one attached hydrogen (secondary N) is 1. The number of halogens is 3. The number of aliphatic hydroxyl groups is 1. The molecule has 0 fully saturated rings. The largest absolute Gasteiger partial charge is 0.416 e. The highest BCUT2D eigenvalue weighted by Crippen LogP contribution is 2.31. The number of benzene rings is 1. The normalized spacial score (nSPS) is 13.3. The summed E-state index contributed by atoms with van der Waals surface area (Å²) in [6.45, 7) is 3.84. The third kappa shape index (κ3) is 5.38. The van der Waals surface area contributed by atoms with Crippen molar-refractivity contribution in [1.82, 2.24) is 5.32 Å². The van der Waals surface area contributed by atoms with Crippen LogP contribution in [0.3, 0.4) is 0 Å². The van der Waals surface area contributed by atoms with Gasteiger partial charge in [-0.25, -0.2) is 0 Å². The van der Waals surface area contributed by atoms with Crippen molar-refractivity contribution in [2.24, 2.45) is 5.92 Å². The number of carbonyl (C=O) groups is 1. The van der Waals surface area contributed by atoms with E-state index < -0.39 is 17.7 Å². The summed E-state index contributed by atoms with van der Waals surface area (Å²) in [6.07, 6.45) is -3.85. The molecule has 1 amide bonds. The van der Waals surface area contributed by atoms with Gasteiger partial charge in [0, 0.05) is 6.54 Å². The lowest BCUT2D eigenvalue weighted by Crippen LogP contribution is -2.32. The van der Waals surface area contributed by atoms with Crippen molar-refractivity contribution in [3.63, 3.8) is 0 Å². The summed E-state index contributed by atoms with van der Waals surface area (Å²) in [5, 5.41) is 11.3. The SMILES string of the molecule is CC(C)CC(C(=O)NCCO)c1ccc(C(F)(F)F)cc1. The zero-order chi connectivity index (χ0) is 16.0. The maximum Gasteiger partial charge on any atom is 0.416 e. The molecule has 118 valence electrons. The molecule has 0 heterocycles. The Balaban J connectivity index is 2.95. The van der Waals surface area contributed by atoms with Crippen LogP contribution in [0.25, 0.3) is 0 Å². The quantitative estimate of drug-likeness (QED) is 0.849. The Labute approximate surface area is 122 Å². The second kappa shape index (κ2) is 7.45. The Morgan fingerprint density at radius 1 is 1.24 bits per heavy atom. The molecule has 1 aromatic carbocycles. The average Bonchev–Trinajstić information content (AvgIpc) is 2.41. The highest BCUT2D eigenvalue weighted by atomic mass is 19.4. The maximum atomic E-state index is 12.5. The van der Waals surface area contributed by atoms with Crippen LogP contribution in [0, 0.1) is 5.92 Å². The monoisotopic (exact) mass is 303 g/mol. The Kier molecular flexibility index (Phi) is 6.20. The molecule has 0 radical (unpaired) electrons.